The van der Waals surface area contributed by atoms with E-state index in [2.05, 4.69) is 33.8 Å². The van der Waals surface area contributed by atoms with Crippen molar-refractivity contribution in [3.05, 3.63) is 70.7 Å². The number of anilines is 3. The zero-order chi connectivity index (χ0) is 19.9. The summed E-state index contributed by atoms with van der Waals surface area (Å²) >= 11 is 0. The minimum Gasteiger partial charge on any atom is -0.494 e. The minimum atomic E-state index is 0.657. The van der Waals surface area contributed by atoms with Crippen molar-refractivity contribution in [2.24, 2.45) is 0 Å². The molecule has 5 nitrogen and oxygen atoms in total. The van der Waals surface area contributed by atoms with Gasteiger partial charge in [0.15, 0.2) is 5.82 Å². The number of hydrogen-bond acceptors (Lipinski definition) is 5. The first kappa shape index (κ1) is 19.4. The first-order valence-corrected chi connectivity index (χ1v) is 9.45. The van der Waals surface area contributed by atoms with Crippen molar-refractivity contribution in [1.82, 2.24) is 10.2 Å². The van der Waals surface area contributed by atoms with Gasteiger partial charge in [0.25, 0.3) is 0 Å². The van der Waals surface area contributed by atoms with E-state index in [4.69, 9.17) is 4.74 Å². The van der Waals surface area contributed by atoms with Gasteiger partial charge in [-0.1, -0.05) is 24.3 Å². The second kappa shape index (κ2) is 9.04. The highest BCUT2D eigenvalue weighted by Gasteiger charge is 2.07. The first-order valence-electron chi connectivity index (χ1n) is 9.45. The maximum absolute atomic E-state index is 5.52. The van der Waals surface area contributed by atoms with Crippen LogP contribution >= 0.6 is 0 Å². The summed E-state index contributed by atoms with van der Waals surface area (Å²) in [5, 5.41) is 17.7. The van der Waals surface area contributed by atoms with E-state index in [0.29, 0.717) is 6.61 Å². The fourth-order valence-electron chi connectivity index (χ4n) is 3.10. The SMILES string of the molecule is C/C=c1\c(C)nnc(Nc2ccccc2)\c1=C(/C)Nc1ccc(OCC)cc1. The molecule has 0 aliphatic heterocycles. The van der Waals surface area contributed by atoms with Crippen LogP contribution in [0.2, 0.25) is 0 Å². The van der Waals surface area contributed by atoms with Crippen molar-refractivity contribution in [3.63, 3.8) is 0 Å². The fraction of sp³-hybridized carbons (Fsp3) is 0.217. The number of para-hydroxylation sites is 1. The van der Waals surface area contributed by atoms with Crippen LogP contribution in [0.15, 0.2) is 54.6 Å². The van der Waals surface area contributed by atoms with Crippen LogP contribution in [0.25, 0.3) is 11.8 Å². The van der Waals surface area contributed by atoms with E-state index >= 15 is 0 Å². The number of aryl methyl sites for hydroxylation is 1. The van der Waals surface area contributed by atoms with Crippen LogP contribution in [-0.4, -0.2) is 16.8 Å². The van der Waals surface area contributed by atoms with Crippen molar-refractivity contribution >= 4 is 29.0 Å². The summed E-state index contributed by atoms with van der Waals surface area (Å²) in [4.78, 5) is 0. The van der Waals surface area contributed by atoms with Crippen molar-refractivity contribution in [3.8, 4) is 5.75 Å². The highest BCUT2D eigenvalue weighted by Crippen LogP contribution is 2.17. The normalized spacial score (nSPS) is 12.5. The molecule has 3 aromatic rings. The molecule has 0 saturated carbocycles. The number of aromatic nitrogens is 2. The van der Waals surface area contributed by atoms with Crippen LogP contribution in [-0.2, 0) is 0 Å². The second-order valence-electron chi connectivity index (χ2n) is 6.41. The molecular formula is C23H26N4O. The number of nitrogens with zero attached hydrogens (tertiary/aromatic N) is 2. The summed E-state index contributed by atoms with van der Waals surface area (Å²) in [5.74, 6) is 1.59. The highest BCUT2D eigenvalue weighted by molar-refractivity contribution is 5.68. The van der Waals surface area contributed by atoms with Crippen LogP contribution in [0.3, 0.4) is 0 Å². The molecule has 0 saturated heterocycles. The van der Waals surface area contributed by atoms with E-state index in [-0.39, 0.29) is 0 Å². The minimum absolute atomic E-state index is 0.657. The van der Waals surface area contributed by atoms with Crippen molar-refractivity contribution in [1.29, 1.82) is 0 Å². The molecule has 3 rings (SSSR count). The summed E-state index contributed by atoms with van der Waals surface area (Å²) in [7, 11) is 0. The van der Waals surface area contributed by atoms with Crippen LogP contribution in [0.5, 0.6) is 5.75 Å². The van der Waals surface area contributed by atoms with Crippen LogP contribution in [0.1, 0.15) is 26.5 Å². The maximum atomic E-state index is 5.52. The van der Waals surface area contributed by atoms with E-state index < -0.39 is 0 Å². The molecule has 2 aromatic carbocycles. The smallest absolute Gasteiger partial charge is 0.162 e. The summed E-state index contributed by atoms with van der Waals surface area (Å²) in [6, 6.07) is 17.9. The third kappa shape index (κ3) is 4.49. The van der Waals surface area contributed by atoms with Gasteiger partial charge in [-0.3, -0.25) is 0 Å². The molecule has 28 heavy (non-hydrogen) atoms. The van der Waals surface area contributed by atoms with Gasteiger partial charge >= 0.3 is 0 Å². The lowest BCUT2D eigenvalue weighted by Gasteiger charge is -2.12. The number of rotatable bonds is 6. The molecule has 0 aliphatic carbocycles. The Morgan fingerprint density at radius 1 is 1.00 bits per heavy atom. The molecule has 0 aliphatic rings. The van der Waals surface area contributed by atoms with Gasteiger partial charge < -0.3 is 15.4 Å². The van der Waals surface area contributed by atoms with Gasteiger partial charge in [-0.25, -0.2) is 0 Å². The van der Waals surface area contributed by atoms with Gasteiger partial charge in [-0.15, -0.1) is 5.10 Å². The maximum Gasteiger partial charge on any atom is 0.162 e. The number of benzene rings is 2. The second-order valence-corrected chi connectivity index (χ2v) is 6.41. The number of hydrogen-bond donors (Lipinski definition) is 2. The van der Waals surface area contributed by atoms with E-state index in [0.717, 1.165) is 44.8 Å². The Labute approximate surface area is 165 Å². The van der Waals surface area contributed by atoms with E-state index in [9.17, 15) is 0 Å². The summed E-state index contributed by atoms with van der Waals surface area (Å²) < 4.78 is 5.52. The van der Waals surface area contributed by atoms with Crippen molar-refractivity contribution in [2.75, 3.05) is 17.2 Å². The Balaban J connectivity index is 2.05. The van der Waals surface area contributed by atoms with Gasteiger partial charge in [0, 0.05) is 27.5 Å². The topological polar surface area (TPSA) is 59.1 Å². The van der Waals surface area contributed by atoms with Gasteiger partial charge in [-0.05, 0) is 64.1 Å². The average Bonchev–Trinajstić information content (AvgIpc) is 2.71. The van der Waals surface area contributed by atoms with Crippen LogP contribution < -0.4 is 25.8 Å². The van der Waals surface area contributed by atoms with Gasteiger partial charge in [0.05, 0.1) is 12.3 Å². The average molecular weight is 374 g/mol. The molecule has 144 valence electrons. The lowest BCUT2D eigenvalue weighted by atomic mass is 10.2. The molecule has 0 radical (unpaired) electrons. The Hall–Kier alpha value is -3.34. The predicted molar refractivity (Wildman–Crippen MR) is 116 cm³/mol. The van der Waals surface area contributed by atoms with Crippen molar-refractivity contribution in [2.45, 2.75) is 27.7 Å². The van der Waals surface area contributed by atoms with Gasteiger partial charge in [0.2, 0.25) is 0 Å². The molecule has 0 atom stereocenters. The van der Waals surface area contributed by atoms with Gasteiger partial charge in [0.1, 0.15) is 5.75 Å². The third-order valence-electron chi connectivity index (χ3n) is 4.39. The van der Waals surface area contributed by atoms with E-state index in [1.165, 1.54) is 0 Å². The Morgan fingerprint density at radius 2 is 1.71 bits per heavy atom. The van der Waals surface area contributed by atoms with Crippen LogP contribution in [0.4, 0.5) is 17.2 Å². The lowest BCUT2D eigenvalue weighted by Crippen LogP contribution is -2.35. The lowest BCUT2D eigenvalue weighted by molar-refractivity contribution is 0.340. The zero-order valence-corrected chi connectivity index (χ0v) is 16.8. The monoisotopic (exact) mass is 374 g/mol. The largest absolute Gasteiger partial charge is 0.494 e. The number of ether oxygens (including phenoxy) is 1. The van der Waals surface area contributed by atoms with Crippen molar-refractivity contribution < 1.29 is 4.74 Å². The first-order chi connectivity index (χ1) is 13.6. The van der Waals surface area contributed by atoms with E-state index in [1.807, 2.05) is 75.4 Å². The summed E-state index contributed by atoms with van der Waals surface area (Å²) in [6.45, 7) is 8.68. The molecule has 2 N–H and O–H groups in total. The van der Waals surface area contributed by atoms with E-state index in [1.54, 1.807) is 0 Å². The molecule has 0 fully saturated rings. The quantitative estimate of drug-likeness (QED) is 0.684. The third-order valence-corrected chi connectivity index (χ3v) is 4.39. The molecule has 0 bridgehead atoms. The predicted octanol–water partition coefficient (Wildman–Crippen LogP) is 3.97. The molecule has 0 spiro atoms. The number of nitrogens with one attached hydrogen (secondary N) is 2. The Bertz CT molecular complexity index is 1040. The Kier molecular flexibility index (Phi) is 6.27. The zero-order valence-electron chi connectivity index (χ0n) is 16.8. The summed E-state index contributed by atoms with van der Waals surface area (Å²) in [5.41, 5.74) is 3.85. The standard InChI is InChI=1S/C23H26N4O/c1-5-21-16(3)26-27-23(25-18-10-8-7-9-11-18)22(21)17(4)24-19-12-14-20(15-13-19)28-6-2/h5,7-15,24H,6H2,1-4H3,(H,25,27)/b21-5+,22-17+. The molecule has 1 aromatic heterocycles. The summed E-state index contributed by atoms with van der Waals surface area (Å²) in [6.07, 6.45) is 2.07. The molecular weight excluding hydrogens is 348 g/mol. The Morgan fingerprint density at radius 3 is 2.36 bits per heavy atom. The molecule has 5 heteroatoms. The molecule has 0 unspecified atom stereocenters. The van der Waals surface area contributed by atoms with Gasteiger partial charge in [-0.2, -0.15) is 5.10 Å². The fourth-order valence-corrected chi connectivity index (χ4v) is 3.10. The highest BCUT2D eigenvalue weighted by atomic mass is 16.5. The molecule has 0 amide bonds. The molecule has 1 heterocycles. The van der Waals surface area contributed by atoms with Crippen LogP contribution in [0, 0.1) is 6.92 Å².